The minimum atomic E-state index is 0.195. The molecule has 1 rings (SSSR count). The average molecular weight is 211 g/mol. The summed E-state index contributed by atoms with van der Waals surface area (Å²) >= 11 is 0. The number of hydrogen-bond acceptors (Lipinski definition) is 2. The van der Waals surface area contributed by atoms with Crippen LogP contribution in [0.2, 0.25) is 0 Å². The van der Waals surface area contributed by atoms with Gasteiger partial charge in [0.05, 0.1) is 12.2 Å². The molecule has 1 heterocycles. The van der Waals surface area contributed by atoms with Crippen molar-refractivity contribution in [2.75, 3.05) is 0 Å². The van der Waals surface area contributed by atoms with Crippen molar-refractivity contribution in [2.24, 2.45) is 11.7 Å². The van der Waals surface area contributed by atoms with Crippen molar-refractivity contribution in [2.45, 2.75) is 64.2 Å². The lowest BCUT2D eigenvalue weighted by Gasteiger charge is -2.40. The Balaban J connectivity index is 2.55. The first kappa shape index (κ1) is 12.7. The zero-order valence-electron chi connectivity index (χ0n) is 10.1. The maximum atomic E-state index is 6.13. The molecular formula is C13H25NO. The van der Waals surface area contributed by atoms with E-state index in [2.05, 4.69) is 20.4 Å². The molecular weight excluding hydrogens is 186 g/mol. The number of ether oxygens (including phenoxy) is 1. The molecule has 0 aliphatic carbocycles. The molecule has 4 atom stereocenters. The summed E-state index contributed by atoms with van der Waals surface area (Å²) in [5, 5.41) is 0. The van der Waals surface area contributed by atoms with E-state index in [-0.39, 0.29) is 12.1 Å². The van der Waals surface area contributed by atoms with Gasteiger partial charge in [-0.1, -0.05) is 26.3 Å². The molecule has 2 heteroatoms. The van der Waals surface area contributed by atoms with Crippen LogP contribution in [0.5, 0.6) is 0 Å². The Bertz CT molecular complexity index is 193. The summed E-state index contributed by atoms with van der Waals surface area (Å²) < 4.78 is 6.06. The monoisotopic (exact) mass is 211 g/mol. The van der Waals surface area contributed by atoms with Crippen molar-refractivity contribution >= 4 is 0 Å². The Labute approximate surface area is 93.9 Å². The van der Waals surface area contributed by atoms with Crippen LogP contribution in [0.25, 0.3) is 0 Å². The summed E-state index contributed by atoms with van der Waals surface area (Å²) in [4.78, 5) is 0. The van der Waals surface area contributed by atoms with Gasteiger partial charge in [0.1, 0.15) is 0 Å². The fourth-order valence-corrected chi connectivity index (χ4v) is 2.59. The predicted octanol–water partition coefficient (Wildman–Crippen LogP) is 2.87. The number of hydrogen-bond donors (Lipinski definition) is 1. The molecule has 2 N–H and O–H groups in total. The Kier molecular flexibility index (Phi) is 5.34. The molecule has 0 amide bonds. The Morgan fingerprint density at radius 1 is 1.40 bits per heavy atom. The minimum Gasteiger partial charge on any atom is -0.373 e. The van der Waals surface area contributed by atoms with Crippen LogP contribution >= 0.6 is 0 Å². The summed E-state index contributed by atoms with van der Waals surface area (Å²) in [6, 6.07) is 0.197. The highest BCUT2D eigenvalue weighted by atomic mass is 16.5. The zero-order valence-corrected chi connectivity index (χ0v) is 10.1. The van der Waals surface area contributed by atoms with Gasteiger partial charge in [0, 0.05) is 6.04 Å². The average Bonchev–Trinajstić information content (AvgIpc) is 2.22. The first-order chi connectivity index (χ1) is 7.22. The van der Waals surface area contributed by atoms with E-state index < -0.39 is 0 Å². The molecule has 1 fully saturated rings. The molecule has 88 valence electrons. The normalized spacial score (nSPS) is 36.5. The Hall–Kier alpha value is -0.340. The van der Waals surface area contributed by atoms with Gasteiger partial charge in [-0.05, 0) is 31.6 Å². The van der Waals surface area contributed by atoms with Crippen LogP contribution in [-0.4, -0.2) is 18.2 Å². The maximum absolute atomic E-state index is 6.13. The Morgan fingerprint density at radius 2 is 2.13 bits per heavy atom. The fourth-order valence-electron chi connectivity index (χ4n) is 2.59. The number of rotatable bonds is 5. The van der Waals surface area contributed by atoms with Crippen LogP contribution in [0.3, 0.4) is 0 Å². The predicted molar refractivity (Wildman–Crippen MR) is 64.8 cm³/mol. The van der Waals surface area contributed by atoms with Gasteiger partial charge in [-0.25, -0.2) is 0 Å². The zero-order chi connectivity index (χ0) is 11.3. The SMILES string of the molecule is C=CCC1OC(CC)[C@H](CCC)C[C@@H]1N. The van der Waals surface area contributed by atoms with E-state index in [0.717, 1.165) is 19.3 Å². The van der Waals surface area contributed by atoms with Gasteiger partial charge in [0.15, 0.2) is 0 Å². The third-order valence-corrected chi connectivity index (χ3v) is 3.39. The Morgan fingerprint density at radius 3 is 2.67 bits per heavy atom. The van der Waals surface area contributed by atoms with Crippen molar-refractivity contribution in [3.05, 3.63) is 12.7 Å². The van der Waals surface area contributed by atoms with Crippen molar-refractivity contribution in [1.82, 2.24) is 0 Å². The second kappa shape index (κ2) is 6.29. The lowest BCUT2D eigenvalue weighted by Crippen LogP contribution is -2.48. The van der Waals surface area contributed by atoms with Gasteiger partial charge in [-0.3, -0.25) is 0 Å². The molecule has 0 bridgehead atoms. The van der Waals surface area contributed by atoms with Crippen LogP contribution < -0.4 is 5.73 Å². The third-order valence-electron chi connectivity index (χ3n) is 3.39. The summed E-state index contributed by atoms with van der Waals surface area (Å²) in [5.41, 5.74) is 6.13. The van der Waals surface area contributed by atoms with Crippen molar-refractivity contribution in [3.63, 3.8) is 0 Å². The quantitative estimate of drug-likeness (QED) is 0.710. The molecule has 2 nitrogen and oxygen atoms in total. The summed E-state index contributed by atoms with van der Waals surface area (Å²) in [7, 11) is 0. The van der Waals surface area contributed by atoms with Crippen molar-refractivity contribution in [1.29, 1.82) is 0 Å². The molecule has 1 aliphatic rings. The number of nitrogens with two attached hydrogens (primary N) is 1. The highest BCUT2D eigenvalue weighted by Crippen LogP contribution is 2.31. The topological polar surface area (TPSA) is 35.2 Å². The van der Waals surface area contributed by atoms with Gasteiger partial charge in [0.25, 0.3) is 0 Å². The lowest BCUT2D eigenvalue weighted by atomic mass is 9.84. The summed E-state index contributed by atoms with van der Waals surface area (Å²) in [6.07, 6.45) is 8.09. The van der Waals surface area contributed by atoms with Crippen LogP contribution in [0.4, 0.5) is 0 Å². The molecule has 0 saturated carbocycles. The van der Waals surface area contributed by atoms with Crippen LogP contribution in [0.15, 0.2) is 12.7 Å². The van der Waals surface area contributed by atoms with E-state index in [4.69, 9.17) is 10.5 Å². The van der Waals surface area contributed by atoms with Gasteiger partial charge in [-0.2, -0.15) is 0 Å². The maximum Gasteiger partial charge on any atom is 0.0764 e. The lowest BCUT2D eigenvalue weighted by molar-refractivity contribution is -0.0949. The molecule has 2 unspecified atom stereocenters. The second-order valence-electron chi connectivity index (χ2n) is 4.59. The fraction of sp³-hybridized carbons (Fsp3) is 0.846. The molecule has 0 aromatic carbocycles. The van der Waals surface area contributed by atoms with E-state index in [1.54, 1.807) is 0 Å². The van der Waals surface area contributed by atoms with Crippen LogP contribution in [0, 0.1) is 5.92 Å². The third kappa shape index (κ3) is 3.32. The van der Waals surface area contributed by atoms with Gasteiger partial charge >= 0.3 is 0 Å². The van der Waals surface area contributed by atoms with Crippen molar-refractivity contribution in [3.8, 4) is 0 Å². The van der Waals surface area contributed by atoms with E-state index in [1.807, 2.05) is 6.08 Å². The van der Waals surface area contributed by atoms with Gasteiger partial charge in [0.2, 0.25) is 0 Å². The molecule has 0 aromatic rings. The van der Waals surface area contributed by atoms with Gasteiger partial charge < -0.3 is 10.5 Å². The molecule has 0 spiro atoms. The van der Waals surface area contributed by atoms with E-state index in [0.29, 0.717) is 12.0 Å². The summed E-state index contributed by atoms with van der Waals surface area (Å²) in [5.74, 6) is 0.663. The first-order valence-corrected chi connectivity index (χ1v) is 6.24. The first-order valence-electron chi connectivity index (χ1n) is 6.24. The smallest absolute Gasteiger partial charge is 0.0764 e. The molecule has 1 aliphatic heterocycles. The largest absolute Gasteiger partial charge is 0.373 e. The van der Waals surface area contributed by atoms with E-state index in [1.165, 1.54) is 12.8 Å². The van der Waals surface area contributed by atoms with E-state index >= 15 is 0 Å². The standard InChI is InChI=1S/C13H25NO/c1-4-7-10-9-11(14)13(8-5-2)15-12(10)6-3/h5,10-13H,2,4,6-9,14H2,1,3H3/t10-,11+,12?,13?/m1/s1. The molecule has 0 aromatic heterocycles. The minimum absolute atomic E-state index is 0.195. The van der Waals surface area contributed by atoms with Crippen LogP contribution in [0.1, 0.15) is 46.0 Å². The van der Waals surface area contributed by atoms with Crippen LogP contribution in [-0.2, 0) is 4.74 Å². The highest BCUT2D eigenvalue weighted by molar-refractivity contribution is 4.90. The highest BCUT2D eigenvalue weighted by Gasteiger charge is 2.33. The molecule has 15 heavy (non-hydrogen) atoms. The van der Waals surface area contributed by atoms with Crippen molar-refractivity contribution < 1.29 is 4.74 Å². The summed E-state index contributed by atoms with van der Waals surface area (Å²) in [6.45, 7) is 8.19. The second-order valence-corrected chi connectivity index (χ2v) is 4.59. The van der Waals surface area contributed by atoms with Gasteiger partial charge in [-0.15, -0.1) is 6.58 Å². The molecule has 0 radical (unpaired) electrons. The van der Waals surface area contributed by atoms with E-state index in [9.17, 15) is 0 Å². The molecule has 1 saturated heterocycles.